The van der Waals surface area contributed by atoms with Crippen LogP contribution in [0, 0.1) is 23.7 Å². The van der Waals surface area contributed by atoms with Crippen molar-refractivity contribution < 1.29 is 80.2 Å². The monoisotopic (exact) mass is 1440 g/mol. The zero-order valence-electron chi connectivity index (χ0n) is 64.4. The first-order chi connectivity index (χ1) is 47.1. The molecule has 0 bridgehead atoms. The van der Waals surface area contributed by atoms with E-state index in [2.05, 4.69) is 55.4 Å². The van der Waals surface area contributed by atoms with Crippen LogP contribution < -0.4 is 0 Å². The summed E-state index contributed by atoms with van der Waals surface area (Å²) in [7, 11) is -9.92. The molecule has 0 aliphatic carbocycles. The minimum atomic E-state index is -4.96. The molecule has 19 heteroatoms. The number of hydrogen-bond acceptors (Lipinski definition) is 15. The Morgan fingerprint density at radius 3 is 0.724 bits per heavy atom. The Balaban J connectivity index is 5.23. The van der Waals surface area contributed by atoms with Gasteiger partial charge in [-0.2, -0.15) is 0 Å². The first-order valence-electron chi connectivity index (χ1n) is 40.7. The van der Waals surface area contributed by atoms with Gasteiger partial charge in [-0.15, -0.1) is 0 Å². The highest BCUT2D eigenvalue weighted by Crippen LogP contribution is 2.45. The highest BCUT2D eigenvalue weighted by Gasteiger charge is 2.30. The Bertz CT molecular complexity index is 1920. The highest BCUT2D eigenvalue weighted by atomic mass is 31.2. The van der Waals surface area contributed by atoms with Crippen molar-refractivity contribution >= 4 is 39.5 Å². The van der Waals surface area contributed by atoms with Crippen LogP contribution in [0.1, 0.15) is 402 Å². The number of hydrogen-bond donors (Lipinski definition) is 3. The van der Waals surface area contributed by atoms with Crippen LogP contribution in [-0.2, 0) is 65.4 Å². The second kappa shape index (κ2) is 68.2. The number of rotatable bonds is 76. The molecule has 3 unspecified atom stereocenters. The van der Waals surface area contributed by atoms with E-state index >= 15 is 0 Å². The maximum Gasteiger partial charge on any atom is 0.472 e. The lowest BCUT2D eigenvalue weighted by Gasteiger charge is -2.21. The van der Waals surface area contributed by atoms with E-state index in [0.29, 0.717) is 31.6 Å². The van der Waals surface area contributed by atoms with E-state index in [1.165, 1.54) is 199 Å². The molecule has 582 valence electrons. The molecule has 0 rings (SSSR count). The molecule has 0 radical (unpaired) electrons. The second-order valence-electron chi connectivity index (χ2n) is 30.1. The summed E-state index contributed by atoms with van der Waals surface area (Å²) in [5.41, 5.74) is 0. The highest BCUT2D eigenvalue weighted by molar-refractivity contribution is 7.47. The summed E-state index contributed by atoms with van der Waals surface area (Å²) < 4.78 is 68.6. The molecule has 0 saturated carbocycles. The number of unbranched alkanes of at least 4 members (excludes halogenated alkanes) is 41. The summed E-state index contributed by atoms with van der Waals surface area (Å²) in [5.74, 6) is 0.965. The first kappa shape index (κ1) is 96.1. The van der Waals surface area contributed by atoms with Gasteiger partial charge >= 0.3 is 39.5 Å². The van der Waals surface area contributed by atoms with Crippen LogP contribution in [0.15, 0.2) is 0 Å². The van der Waals surface area contributed by atoms with Gasteiger partial charge in [-0.3, -0.25) is 37.3 Å². The fraction of sp³-hybridized carbons (Fsp3) is 0.949. The number of esters is 4. The molecular formula is C79H154O17P2. The number of carbonyl (C=O) groups is 4. The SMILES string of the molecule is CCC(C)CCCCCCCCCCCCCCCCC(=O)O[C@H](COC(=O)CCCCCCCCCCCCCCCCCC(C)C)COP(=O)(O)OC[C@@H](O)COP(=O)(O)OC[C@@H](COC(=O)CCCCCCCCC(C)C)OC(=O)CCCCCCCCCCCCC(C)C. The standard InChI is InChI=1S/C79H154O17P2/c1-9-72(8)58-50-42-33-27-20-16-13-14-18-22-29-35-45-53-61-78(83)95-74(65-89-76(81)59-51-43-34-28-21-17-12-10-11-15-19-25-31-39-47-55-69(2)3)67-93-97(85,86)91-63-73(80)64-92-98(87,88)94-68-75(66-90-77(82)60-52-44-38-37-41-49-57-71(6)7)96-79(84)62-54-46-36-30-24-23-26-32-40-48-56-70(4)5/h69-75,80H,9-68H2,1-8H3,(H,85,86)(H,87,88)/t72?,73-,74-,75-/m1/s1. The summed E-state index contributed by atoms with van der Waals surface area (Å²) in [6.45, 7) is 14.2. The predicted octanol–water partition coefficient (Wildman–Crippen LogP) is 23.2. The average molecular weight is 1440 g/mol. The van der Waals surface area contributed by atoms with E-state index in [-0.39, 0.29) is 25.7 Å². The Morgan fingerprint density at radius 2 is 0.490 bits per heavy atom. The van der Waals surface area contributed by atoms with Crippen LogP contribution in [0.5, 0.6) is 0 Å². The zero-order valence-corrected chi connectivity index (χ0v) is 66.2. The number of aliphatic hydroxyl groups excluding tert-OH is 1. The number of aliphatic hydroxyl groups is 1. The number of ether oxygens (including phenoxy) is 4. The van der Waals surface area contributed by atoms with Crippen LogP contribution in [0.4, 0.5) is 0 Å². The van der Waals surface area contributed by atoms with Gasteiger partial charge in [0.1, 0.15) is 19.3 Å². The molecule has 0 amide bonds. The van der Waals surface area contributed by atoms with Crippen LogP contribution in [0.25, 0.3) is 0 Å². The van der Waals surface area contributed by atoms with E-state index < -0.39 is 97.5 Å². The lowest BCUT2D eigenvalue weighted by molar-refractivity contribution is -0.161. The van der Waals surface area contributed by atoms with Gasteiger partial charge in [-0.1, -0.05) is 351 Å². The summed E-state index contributed by atoms with van der Waals surface area (Å²) in [6.07, 6.45) is 54.2. The van der Waals surface area contributed by atoms with E-state index in [9.17, 15) is 43.2 Å². The zero-order chi connectivity index (χ0) is 72.4. The van der Waals surface area contributed by atoms with Crippen molar-refractivity contribution in [3.63, 3.8) is 0 Å². The minimum Gasteiger partial charge on any atom is -0.462 e. The summed E-state index contributed by atoms with van der Waals surface area (Å²) in [4.78, 5) is 72.9. The molecule has 0 heterocycles. The van der Waals surface area contributed by atoms with Crippen molar-refractivity contribution in [2.24, 2.45) is 23.7 Å². The maximum atomic E-state index is 13.1. The third kappa shape index (κ3) is 71.1. The van der Waals surface area contributed by atoms with E-state index in [1.807, 2.05) is 0 Å². The van der Waals surface area contributed by atoms with Gasteiger partial charge in [0.05, 0.1) is 26.4 Å². The normalized spacial score (nSPS) is 14.3. The van der Waals surface area contributed by atoms with Gasteiger partial charge in [0.15, 0.2) is 12.2 Å². The van der Waals surface area contributed by atoms with Crippen LogP contribution in [0.3, 0.4) is 0 Å². The van der Waals surface area contributed by atoms with Gasteiger partial charge in [0.2, 0.25) is 0 Å². The molecule has 17 nitrogen and oxygen atoms in total. The second-order valence-corrected chi connectivity index (χ2v) is 33.0. The fourth-order valence-corrected chi connectivity index (χ4v) is 13.6. The van der Waals surface area contributed by atoms with Gasteiger partial charge in [-0.05, 0) is 49.4 Å². The third-order valence-corrected chi connectivity index (χ3v) is 20.6. The van der Waals surface area contributed by atoms with E-state index in [4.69, 9.17) is 37.0 Å². The van der Waals surface area contributed by atoms with Crippen LogP contribution >= 0.6 is 15.6 Å². The molecule has 0 aromatic heterocycles. The van der Waals surface area contributed by atoms with E-state index in [1.54, 1.807) is 0 Å². The summed E-state index contributed by atoms with van der Waals surface area (Å²) in [6, 6.07) is 0. The molecule has 98 heavy (non-hydrogen) atoms. The molecular weight excluding hydrogens is 1280 g/mol. The molecule has 0 aromatic rings. The molecule has 0 fully saturated rings. The maximum absolute atomic E-state index is 13.1. The van der Waals surface area contributed by atoms with E-state index in [0.717, 1.165) is 114 Å². The van der Waals surface area contributed by atoms with Gasteiger partial charge in [0, 0.05) is 25.7 Å². The van der Waals surface area contributed by atoms with Crippen LogP contribution in [-0.4, -0.2) is 96.7 Å². The molecule has 0 aliphatic heterocycles. The van der Waals surface area contributed by atoms with Crippen molar-refractivity contribution in [3.05, 3.63) is 0 Å². The summed E-state index contributed by atoms with van der Waals surface area (Å²) in [5, 5.41) is 10.6. The smallest absolute Gasteiger partial charge is 0.462 e. The molecule has 0 aliphatic rings. The van der Waals surface area contributed by atoms with Crippen molar-refractivity contribution in [1.29, 1.82) is 0 Å². The largest absolute Gasteiger partial charge is 0.472 e. The first-order valence-corrected chi connectivity index (χ1v) is 43.7. The Labute approximate surface area is 600 Å². The van der Waals surface area contributed by atoms with Gasteiger partial charge in [0.25, 0.3) is 0 Å². The lowest BCUT2D eigenvalue weighted by atomic mass is 9.99. The Kier molecular flexibility index (Phi) is 66.8. The van der Waals surface area contributed by atoms with Crippen molar-refractivity contribution in [3.8, 4) is 0 Å². The molecule has 6 atom stereocenters. The predicted molar refractivity (Wildman–Crippen MR) is 400 cm³/mol. The van der Waals surface area contributed by atoms with Gasteiger partial charge in [-0.25, -0.2) is 9.13 Å². The van der Waals surface area contributed by atoms with Crippen molar-refractivity contribution in [1.82, 2.24) is 0 Å². The molecule has 0 aromatic carbocycles. The Hall–Kier alpha value is -1.94. The van der Waals surface area contributed by atoms with Gasteiger partial charge < -0.3 is 33.8 Å². The molecule has 0 spiro atoms. The topological polar surface area (TPSA) is 237 Å². The number of carbonyl (C=O) groups excluding carboxylic acids is 4. The Morgan fingerprint density at radius 1 is 0.286 bits per heavy atom. The quantitative estimate of drug-likeness (QED) is 0.0222. The third-order valence-electron chi connectivity index (χ3n) is 18.7. The minimum absolute atomic E-state index is 0.105. The van der Waals surface area contributed by atoms with Crippen molar-refractivity contribution in [2.75, 3.05) is 39.6 Å². The van der Waals surface area contributed by atoms with Crippen LogP contribution in [0.2, 0.25) is 0 Å². The lowest BCUT2D eigenvalue weighted by Crippen LogP contribution is -2.30. The fourth-order valence-electron chi connectivity index (χ4n) is 12.0. The summed E-state index contributed by atoms with van der Waals surface area (Å²) >= 11 is 0. The average Bonchev–Trinajstić information content (AvgIpc) is 1.11. The number of phosphoric ester groups is 2. The molecule has 0 saturated heterocycles. The number of phosphoric acid groups is 2. The molecule has 3 N–H and O–H groups in total. The van der Waals surface area contributed by atoms with Crippen molar-refractivity contribution in [2.45, 2.75) is 420 Å².